The number of rotatable bonds is 2. The van der Waals surface area contributed by atoms with Crippen molar-refractivity contribution in [3.63, 3.8) is 0 Å². The van der Waals surface area contributed by atoms with Crippen molar-refractivity contribution < 1.29 is 40.3 Å². The summed E-state index contributed by atoms with van der Waals surface area (Å²) >= 11 is 5.79. The van der Waals surface area contributed by atoms with Crippen LogP contribution in [0.1, 0.15) is 18.5 Å². The number of hydrogen-bond donors (Lipinski definition) is 1. The number of nitrogens with one attached hydrogen (secondary N) is 1. The van der Waals surface area contributed by atoms with Gasteiger partial charge in [0, 0.05) is 18.9 Å². The van der Waals surface area contributed by atoms with E-state index >= 15 is 0 Å². The van der Waals surface area contributed by atoms with Crippen molar-refractivity contribution in [3.05, 3.63) is 55.6 Å². The van der Waals surface area contributed by atoms with E-state index < -0.39 is 82.1 Å². The van der Waals surface area contributed by atoms with Crippen molar-refractivity contribution >= 4 is 29.1 Å². The summed E-state index contributed by atoms with van der Waals surface area (Å²) in [5, 5.41) is -0.663. The van der Waals surface area contributed by atoms with Gasteiger partial charge in [-0.15, -0.1) is 0 Å². The van der Waals surface area contributed by atoms with E-state index in [1.165, 1.54) is 4.98 Å². The third kappa shape index (κ3) is 4.26. The van der Waals surface area contributed by atoms with Crippen molar-refractivity contribution in [2.75, 3.05) is 4.90 Å². The summed E-state index contributed by atoms with van der Waals surface area (Å²) in [5.74, 6) is -6.47. The minimum Gasteiger partial charge on any atom is -0.303 e. The van der Waals surface area contributed by atoms with Gasteiger partial charge in [-0.2, -0.15) is 26.3 Å². The Bertz CT molecular complexity index is 1180. The molecule has 0 radical (unpaired) electrons. The number of hydrogen-bond acceptors (Lipinski definition) is 4. The molecule has 1 saturated heterocycles. The first-order valence-corrected chi connectivity index (χ1v) is 8.84. The number of H-pyrrole nitrogens is 1. The molecule has 1 aliphatic rings. The molecule has 1 aromatic carbocycles. The summed E-state index contributed by atoms with van der Waals surface area (Å²) in [6, 6.07) is 1.00. The first-order valence-electron chi connectivity index (χ1n) is 8.46. The van der Waals surface area contributed by atoms with Gasteiger partial charge in [0.1, 0.15) is 11.5 Å². The number of anilines is 1. The maximum Gasteiger partial charge on any atom is 0.431 e. The number of carbonyl (C=O) groups is 2. The smallest absolute Gasteiger partial charge is 0.303 e. The first kappa shape index (κ1) is 23.5. The minimum atomic E-state index is -5.07. The third-order valence-corrected chi connectivity index (χ3v) is 4.84. The predicted molar refractivity (Wildman–Crippen MR) is 93.9 cm³/mol. The normalized spacial score (nSPS) is 16.1. The fourth-order valence-corrected chi connectivity index (χ4v) is 3.30. The Labute approximate surface area is 177 Å². The van der Waals surface area contributed by atoms with Gasteiger partial charge in [0.05, 0.1) is 22.3 Å². The number of aromatic nitrogens is 2. The Morgan fingerprint density at radius 3 is 1.94 bits per heavy atom. The van der Waals surface area contributed by atoms with Crippen molar-refractivity contribution in [2.45, 2.75) is 25.2 Å². The molecule has 0 atom stereocenters. The summed E-state index contributed by atoms with van der Waals surface area (Å²) in [6.45, 7) is 0. The van der Waals surface area contributed by atoms with Crippen LogP contribution in [0.3, 0.4) is 0 Å². The van der Waals surface area contributed by atoms with E-state index in [4.69, 9.17) is 11.6 Å². The van der Waals surface area contributed by atoms with Gasteiger partial charge in [-0.25, -0.2) is 18.7 Å². The summed E-state index contributed by atoms with van der Waals surface area (Å²) in [7, 11) is 0. The molecule has 0 saturated carbocycles. The standard InChI is InChI=1S/C17H9ClF7N3O4/c18-7-3-8(19)10(27-12(29)1-6(2-13(27)30)16(20,21)22)4-9(7)28-14(31)5-11(17(23,24)25)26-15(28)32/h3-6H,1-2H2,(H,26,32). The first-order chi connectivity index (χ1) is 14.6. The Balaban J connectivity index is 2.13. The number of nitrogens with zero attached hydrogens (tertiary/aromatic N) is 2. The molecule has 1 aromatic heterocycles. The van der Waals surface area contributed by atoms with Crippen LogP contribution in [0, 0.1) is 11.7 Å². The van der Waals surface area contributed by atoms with Crippen LogP contribution in [-0.4, -0.2) is 27.5 Å². The molecular formula is C17H9ClF7N3O4. The summed E-state index contributed by atoms with van der Waals surface area (Å²) in [5.41, 5.74) is -6.47. The maximum atomic E-state index is 14.5. The lowest BCUT2D eigenvalue weighted by Gasteiger charge is -2.31. The number of piperidine rings is 1. The van der Waals surface area contributed by atoms with Gasteiger partial charge in [0.2, 0.25) is 11.8 Å². The lowest BCUT2D eigenvalue weighted by Crippen LogP contribution is -2.47. The van der Waals surface area contributed by atoms with Gasteiger partial charge in [-0.1, -0.05) is 11.6 Å². The van der Waals surface area contributed by atoms with E-state index in [-0.39, 0.29) is 15.5 Å². The molecule has 172 valence electrons. The molecule has 0 spiro atoms. The highest BCUT2D eigenvalue weighted by molar-refractivity contribution is 6.32. The Hall–Kier alpha value is -3.16. The van der Waals surface area contributed by atoms with Gasteiger partial charge in [-0.3, -0.25) is 14.4 Å². The Kier molecular flexibility index (Phi) is 5.70. The van der Waals surface area contributed by atoms with E-state index in [2.05, 4.69) is 0 Å². The second-order valence-corrected chi connectivity index (χ2v) is 7.09. The van der Waals surface area contributed by atoms with Gasteiger partial charge in [-0.05, 0) is 12.1 Å². The number of imide groups is 1. The van der Waals surface area contributed by atoms with E-state index in [0.29, 0.717) is 12.1 Å². The van der Waals surface area contributed by atoms with Crippen LogP contribution in [0.2, 0.25) is 5.02 Å². The average Bonchev–Trinajstić information content (AvgIpc) is 2.61. The van der Waals surface area contributed by atoms with Crippen LogP contribution in [0.5, 0.6) is 0 Å². The van der Waals surface area contributed by atoms with Crippen LogP contribution in [-0.2, 0) is 15.8 Å². The Morgan fingerprint density at radius 2 is 1.47 bits per heavy atom. The highest BCUT2D eigenvalue weighted by atomic mass is 35.5. The lowest BCUT2D eigenvalue weighted by molar-refractivity contribution is -0.185. The second-order valence-electron chi connectivity index (χ2n) is 6.68. The molecule has 0 unspecified atom stereocenters. The molecule has 0 aliphatic carbocycles. The van der Waals surface area contributed by atoms with Gasteiger partial charge in [0.25, 0.3) is 5.56 Å². The van der Waals surface area contributed by atoms with Gasteiger partial charge < -0.3 is 4.98 Å². The molecular weight excluding hydrogens is 479 g/mol. The topological polar surface area (TPSA) is 92.2 Å². The molecule has 7 nitrogen and oxygen atoms in total. The molecule has 2 aromatic rings. The molecule has 1 fully saturated rings. The highest BCUT2D eigenvalue weighted by Gasteiger charge is 2.48. The largest absolute Gasteiger partial charge is 0.431 e. The highest BCUT2D eigenvalue weighted by Crippen LogP contribution is 2.38. The minimum absolute atomic E-state index is 0.0197. The number of carbonyl (C=O) groups excluding carboxylic acids is 2. The molecule has 15 heteroatoms. The Morgan fingerprint density at radius 1 is 0.906 bits per heavy atom. The summed E-state index contributed by atoms with van der Waals surface area (Å²) in [6.07, 6.45) is -12.3. The molecule has 0 bridgehead atoms. The monoisotopic (exact) mass is 487 g/mol. The van der Waals surface area contributed by atoms with E-state index in [1.807, 2.05) is 0 Å². The third-order valence-electron chi connectivity index (χ3n) is 4.54. The van der Waals surface area contributed by atoms with Crippen molar-refractivity contribution in [3.8, 4) is 5.69 Å². The zero-order chi connectivity index (χ0) is 24.2. The number of benzene rings is 1. The van der Waals surface area contributed by atoms with E-state index in [9.17, 15) is 49.9 Å². The second kappa shape index (κ2) is 7.76. The van der Waals surface area contributed by atoms with Crippen LogP contribution in [0.25, 0.3) is 5.69 Å². The molecule has 1 N–H and O–H groups in total. The quantitative estimate of drug-likeness (QED) is 0.520. The fourth-order valence-electron chi connectivity index (χ4n) is 3.06. The number of halogens is 8. The molecule has 3 rings (SSSR count). The summed E-state index contributed by atoms with van der Waals surface area (Å²) in [4.78, 5) is 50.1. The van der Waals surface area contributed by atoms with Crippen LogP contribution in [0.4, 0.5) is 36.4 Å². The molecule has 2 heterocycles. The van der Waals surface area contributed by atoms with E-state index in [0.717, 1.165) is 0 Å². The number of alkyl halides is 6. The zero-order valence-electron chi connectivity index (χ0n) is 15.3. The van der Waals surface area contributed by atoms with Crippen LogP contribution in [0.15, 0.2) is 27.8 Å². The molecule has 2 amide bonds. The molecule has 32 heavy (non-hydrogen) atoms. The number of amides is 2. The maximum absolute atomic E-state index is 14.5. The summed E-state index contributed by atoms with van der Waals surface area (Å²) < 4.78 is 91.4. The van der Waals surface area contributed by atoms with Crippen molar-refractivity contribution in [1.82, 2.24) is 9.55 Å². The van der Waals surface area contributed by atoms with Gasteiger partial charge >= 0.3 is 18.0 Å². The predicted octanol–water partition coefficient (Wildman–Crippen LogP) is 3.17. The van der Waals surface area contributed by atoms with Crippen LogP contribution < -0.4 is 16.1 Å². The zero-order valence-corrected chi connectivity index (χ0v) is 16.0. The number of aromatic amines is 1. The molecule has 1 aliphatic heterocycles. The fraction of sp³-hybridized carbons (Fsp3) is 0.294. The van der Waals surface area contributed by atoms with Crippen molar-refractivity contribution in [2.24, 2.45) is 5.92 Å². The average molecular weight is 488 g/mol. The lowest BCUT2D eigenvalue weighted by atomic mass is 9.94. The van der Waals surface area contributed by atoms with Crippen LogP contribution >= 0.6 is 11.6 Å². The van der Waals surface area contributed by atoms with Gasteiger partial charge in [0.15, 0.2) is 0 Å². The van der Waals surface area contributed by atoms with Crippen molar-refractivity contribution in [1.29, 1.82) is 0 Å². The SMILES string of the molecule is O=C1CC(C(F)(F)F)CC(=O)N1c1cc(-n2c(=O)cc(C(F)(F)F)[nH]c2=O)c(Cl)cc1F. The van der Waals surface area contributed by atoms with E-state index in [1.54, 1.807) is 0 Å².